The zero-order valence-corrected chi connectivity index (χ0v) is 14.8. The highest BCUT2D eigenvalue weighted by Crippen LogP contribution is 2.29. The van der Waals surface area contributed by atoms with Crippen LogP contribution in [0.3, 0.4) is 0 Å². The SMILES string of the molecule is CC(=O)Nc1ccc(SC(C)C(=O)c2ccc3c(c2)CCC3)cc1. The third-order valence-electron chi connectivity index (χ3n) is 4.24. The molecule has 0 fully saturated rings. The Balaban J connectivity index is 1.66. The summed E-state index contributed by atoms with van der Waals surface area (Å²) in [6.45, 7) is 3.43. The molecule has 0 radical (unpaired) electrons. The van der Waals surface area contributed by atoms with Crippen molar-refractivity contribution in [2.45, 2.75) is 43.3 Å². The van der Waals surface area contributed by atoms with Crippen molar-refractivity contribution in [3.63, 3.8) is 0 Å². The van der Waals surface area contributed by atoms with Crippen molar-refractivity contribution < 1.29 is 9.59 Å². The van der Waals surface area contributed by atoms with Crippen LogP contribution in [0.15, 0.2) is 47.4 Å². The van der Waals surface area contributed by atoms with Gasteiger partial charge in [0.05, 0.1) is 5.25 Å². The van der Waals surface area contributed by atoms with Crippen molar-refractivity contribution >= 4 is 29.1 Å². The number of anilines is 1. The van der Waals surface area contributed by atoms with E-state index in [9.17, 15) is 9.59 Å². The summed E-state index contributed by atoms with van der Waals surface area (Å²) in [6, 6.07) is 13.7. The summed E-state index contributed by atoms with van der Waals surface area (Å²) in [7, 11) is 0. The Hall–Kier alpha value is -2.07. The zero-order valence-electron chi connectivity index (χ0n) is 14.0. The molecule has 2 aromatic rings. The summed E-state index contributed by atoms with van der Waals surface area (Å²) in [5, 5.41) is 2.60. The second-order valence-corrected chi connectivity index (χ2v) is 7.58. The van der Waals surface area contributed by atoms with Crippen molar-refractivity contribution in [1.29, 1.82) is 0 Å². The standard InChI is InChI=1S/C20H21NO2S/c1-13(24-19-10-8-18(9-11-19)21-14(2)22)20(23)17-7-6-15-4-3-5-16(15)12-17/h6-13H,3-5H2,1-2H3,(H,21,22). The first-order valence-electron chi connectivity index (χ1n) is 8.23. The monoisotopic (exact) mass is 339 g/mol. The van der Waals surface area contributed by atoms with Gasteiger partial charge in [-0.1, -0.05) is 12.1 Å². The fourth-order valence-electron chi connectivity index (χ4n) is 3.04. The van der Waals surface area contributed by atoms with Crippen LogP contribution in [0.25, 0.3) is 0 Å². The first kappa shape index (κ1) is 16.8. The van der Waals surface area contributed by atoms with Gasteiger partial charge in [-0.3, -0.25) is 9.59 Å². The van der Waals surface area contributed by atoms with Crippen molar-refractivity contribution in [1.82, 2.24) is 0 Å². The lowest BCUT2D eigenvalue weighted by molar-refractivity contribution is -0.114. The molecule has 0 spiro atoms. The third-order valence-corrected chi connectivity index (χ3v) is 5.35. The Kier molecular flexibility index (Phi) is 5.05. The topological polar surface area (TPSA) is 46.2 Å². The number of carbonyl (C=O) groups excluding carboxylic acids is 2. The summed E-state index contributed by atoms with van der Waals surface area (Å²) in [4.78, 5) is 24.7. The van der Waals surface area contributed by atoms with Crippen molar-refractivity contribution in [2.75, 3.05) is 5.32 Å². The number of amides is 1. The molecule has 0 aromatic heterocycles. The average molecular weight is 339 g/mol. The molecule has 124 valence electrons. The lowest BCUT2D eigenvalue weighted by atomic mass is 10.0. The van der Waals surface area contributed by atoms with Gasteiger partial charge in [0, 0.05) is 23.1 Å². The highest BCUT2D eigenvalue weighted by Gasteiger charge is 2.19. The summed E-state index contributed by atoms with van der Waals surface area (Å²) in [5.41, 5.74) is 4.30. The number of carbonyl (C=O) groups is 2. The highest BCUT2D eigenvalue weighted by atomic mass is 32.2. The van der Waals surface area contributed by atoms with E-state index in [1.807, 2.05) is 37.3 Å². The van der Waals surface area contributed by atoms with E-state index in [1.165, 1.54) is 24.5 Å². The van der Waals surface area contributed by atoms with Crippen LogP contribution >= 0.6 is 11.8 Å². The third kappa shape index (κ3) is 3.88. The average Bonchev–Trinajstić information content (AvgIpc) is 3.03. The molecule has 1 atom stereocenters. The van der Waals surface area contributed by atoms with E-state index in [4.69, 9.17) is 0 Å². The maximum Gasteiger partial charge on any atom is 0.221 e. The van der Waals surface area contributed by atoms with Crippen LogP contribution in [0.1, 0.15) is 41.8 Å². The van der Waals surface area contributed by atoms with Crippen LogP contribution in [0.4, 0.5) is 5.69 Å². The van der Waals surface area contributed by atoms with Crippen LogP contribution < -0.4 is 5.32 Å². The molecule has 3 nitrogen and oxygen atoms in total. The van der Waals surface area contributed by atoms with Gasteiger partial charge in [0.2, 0.25) is 5.91 Å². The fourth-order valence-corrected chi connectivity index (χ4v) is 3.98. The number of Topliss-reactive ketones (excluding diaryl/α,β-unsaturated/α-hetero) is 1. The lowest BCUT2D eigenvalue weighted by Gasteiger charge is -2.12. The number of aryl methyl sites for hydroxylation is 2. The van der Waals surface area contributed by atoms with Crippen LogP contribution in [-0.2, 0) is 17.6 Å². The molecule has 1 aliphatic carbocycles. The largest absolute Gasteiger partial charge is 0.326 e. The number of benzene rings is 2. The first-order chi connectivity index (χ1) is 11.5. The molecule has 1 unspecified atom stereocenters. The Morgan fingerprint density at radius 1 is 1.04 bits per heavy atom. The summed E-state index contributed by atoms with van der Waals surface area (Å²) in [6.07, 6.45) is 3.41. The zero-order chi connectivity index (χ0) is 17.1. The number of hydrogen-bond donors (Lipinski definition) is 1. The van der Waals surface area contributed by atoms with Gasteiger partial charge in [0.1, 0.15) is 0 Å². The minimum Gasteiger partial charge on any atom is -0.326 e. The second-order valence-electron chi connectivity index (χ2n) is 6.17. The molecule has 0 aliphatic heterocycles. The van der Waals surface area contributed by atoms with Gasteiger partial charge in [0.25, 0.3) is 0 Å². The van der Waals surface area contributed by atoms with Crippen LogP contribution in [0.5, 0.6) is 0 Å². The number of hydrogen-bond acceptors (Lipinski definition) is 3. The van der Waals surface area contributed by atoms with Gasteiger partial charge in [-0.05, 0) is 67.6 Å². The fraction of sp³-hybridized carbons (Fsp3) is 0.300. The predicted octanol–water partition coefficient (Wildman–Crippen LogP) is 4.50. The van der Waals surface area contributed by atoms with Gasteiger partial charge in [-0.15, -0.1) is 11.8 Å². The number of thioether (sulfide) groups is 1. The van der Waals surface area contributed by atoms with E-state index in [0.29, 0.717) is 0 Å². The van der Waals surface area contributed by atoms with E-state index >= 15 is 0 Å². The predicted molar refractivity (Wildman–Crippen MR) is 98.9 cm³/mol. The van der Waals surface area contributed by atoms with Gasteiger partial charge in [-0.2, -0.15) is 0 Å². The summed E-state index contributed by atoms with van der Waals surface area (Å²) < 4.78 is 0. The van der Waals surface area contributed by atoms with E-state index in [2.05, 4.69) is 17.4 Å². The van der Waals surface area contributed by atoms with Crippen molar-refractivity contribution in [2.24, 2.45) is 0 Å². The summed E-state index contributed by atoms with van der Waals surface area (Å²) >= 11 is 1.55. The molecule has 24 heavy (non-hydrogen) atoms. The Labute approximate surface area is 146 Å². The highest BCUT2D eigenvalue weighted by molar-refractivity contribution is 8.00. The number of ketones is 1. The van der Waals surface area contributed by atoms with E-state index in [-0.39, 0.29) is 16.9 Å². The minimum atomic E-state index is -0.143. The number of fused-ring (bicyclic) bond motifs is 1. The first-order valence-corrected chi connectivity index (χ1v) is 9.11. The maximum absolute atomic E-state index is 12.7. The normalized spacial score (nSPS) is 14.1. The van der Waals surface area contributed by atoms with Crippen LogP contribution in [0.2, 0.25) is 0 Å². The molecule has 3 rings (SSSR count). The van der Waals surface area contributed by atoms with E-state index in [1.54, 1.807) is 11.8 Å². The molecule has 1 amide bonds. The molecule has 0 bridgehead atoms. The molecule has 1 N–H and O–H groups in total. The molecule has 0 saturated heterocycles. The molecular weight excluding hydrogens is 318 g/mol. The Morgan fingerprint density at radius 3 is 2.46 bits per heavy atom. The van der Waals surface area contributed by atoms with Crippen LogP contribution in [0, 0.1) is 0 Å². The Morgan fingerprint density at radius 2 is 1.75 bits per heavy atom. The maximum atomic E-state index is 12.7. The van der Waals surface area contributed by atoms with Crippen molar-refractivity contribution in [3.05, 3.63) is 59.2 Å². The quantitative estimate of drug-likeness (QED) is 0.644. The lowest BCUT2D eigenvalue weighted by Crippen LogP contribution is -2.13. The van der Waals surface area contributed by atoms with Crippen molar-refractivity contribution in [3.8, 4) is 0 Å². The number of nitrogens with one attached hydrogen (secondary N) is 1. The van der Waals surface area contributed by atoms with Crippen LogP contribution in [-0.4, -0.2) is 16.9 Å². The molecule has 1 aliphatic rings. The van der Waals surface area contributed by atoms with Gasteiger partial charge in [-0.25, -0.2) is 0 Å². The molecule has 4 heteroatoms. The minimum absolute atomic E-state index is 0.0874. The Bertz CT molecular complexity index is 768. The smallest absolute Gasteiger partial charge is 0.221 e. The van der Waals surface area contributed by atoms with Gasteiger partial charge >= 0.3 is 0 Å². The molecule has 0 heterocycles. The molecular formula is C20H21NO2S. The van der Waals surface area contributed by atoms with E-state index in [0.717, 1.165) is 29.0 Å². The van der Waals surface area contributed by atoms with Gasteiger partial charge < -0.3 is 5.32 Å². The molecule has 0 saturated carbocycles. The summed E-state index contributed by atoms with van der Waals surface area (Å²) in [5.74, 6) is 0.0798. The van der Waals surface area contributed by atoms with Gasteiger partial charge in [0.15, 0.2) is 5.78 Å². The second kappa shape index (κ2) is 7.22. The van der Waals surface area contributed by atoms with E-state index < -0.39 is 0 Å². The molecule has 2 aromatic carbocycles. The number of rotatable bonds is 5.